The van der Waals surface area contributed by atoms with Crippen LogP contribution in [0, 0.1) is 0 Å². The lowest BCUT2D eigenvalue weighted by Crippen LogP contribution is -1.95. The quantitative estimate of drug-likeness (QED) is 0.524. The number of rotatable bonds is 5. The van der Waals surface area contributed by atoms with Crippen molar-refractivity contribution < 1.29 is 9.84 Å². The number of hydrogen-bond acceptors (Lipinski definition) is 5. The molecule has 0 amide bonds. The fraction of sp³-hybridized carbons (Fsp3) is 0.0588. The van der Waals surface area contributed by atoms with Crippen molar-refractivity contribution in [3.63, 3.8) is 0 Å². The Bertz CT molecular complexity index is 831. The van der Waals surface area contributed by atoms with Gasteiger partial charge in [0.25, 0.3) is 0 Å². The van der Waals surface area contributed by atoms with E-state index in [1.165, 1.54) is 11.3 Å². The van der Waals surface area contributed by atoms with Crippen LogP contribution in [0.1, 0.15) is 10.7 Å². The molecular formula is C17H13ClN2O2S. The molecule has 0 fully saturated rings. The van der Waals surface area contributed by atoms with Gasteiger partial charge in [-0.3, -0.25) is 0 Å². The summed E-state index contributed by atoms with van der Waals surface area (Å²) < 4.78 is 5.69. The van der Waals surface area contributed by atoms with Crippen molar-refractivity contribution in [1.29, 1.82) is 0 Å². The monoisotopic (exact) mass is 344 g/mol. The van der Waals surface area contributed by atoms with Crippen LogP contribution in [0.4, 0.5) is 0 Å². The van der Waals surface area contributed by atoms with Crippen LogP contribution < -0.4 is 4.74 Å². The highest BCUT2D eigenvalue weighted by Crippen LogP contribution is 2.27. The molecule has 0 aliphatic heterocycles. The first-order chi connectivity index (χ1) is 11.1. The van der Waals surface area contributed by atoms with E-state index in [0.717, 1.165) is 21.9 Å². The number of ether oxygens (including phenoxy) is 1. The van der Waals surface area contributed by atoms with Gasteiger partial charge in [-0.05, 0) is 29.8 Å². The number of pyridine rings is 1. The maximum absolute atomic E-state index is 9.28. The second-order valence-corrected chi connectivity index (χ2v) is 6.03. The van der Waals surface area contributed by atoms with Gasteiger partial charge in [0.15, 0.2) is 0 Å². The first kappa shape index (κ1) is 15.5. The summed E-state index contributed by atoms with van der Waals surface area (Å²) in [6, 6.07) is 11.4. The SMILES string of the molecule is C=C(O)c1csc(COc2ccc(-c3cccnc3Cl)cc2)n1. The van der Waals surface area contributed by atoms with E-state index in [1.54, 1.807) is 11.6 Å². The Morgan fingerprint density at radius 1 is 1.26 bits per heavy atom. The lowest BCUT2D eigenvalue weighted by atomic mass is 10.1. The highest BCUT2D eigenvalue weighted by atomic mass is 35.5. The number of aliphatic hydroxyl groups excluding tert-OH is 1. The normalized spacial score (nSPS) is 10.5. The summed E-state index contributed by atoms with van der Waals surface area (Å²) in [5, 5.41) is 12.3. The molecule has 0 aliphatic carbocycles. The molecule has 0 aliphatic rings. The van der Waals surface area contributed by atoms with Gasteiger partial charge in [-0.25, -0.2) is 9.97 Å². The largest absolute Gasteiger partial charge is 0.506 e. The minimum Gasteiger partial charge on any atom is -0.506 e. The molecule has 6 heteroatoms. The van der Waals surface area contributed by atoms with Gasteiger partial charge in [-0.1, -0.05) is 30.3 Å². The van der Waals surface area contributed by atoms with Gasteiger partial charge in [-0.2, -0.15) is 0 Å². The van der Waals surface area contributed by atoms with Crippen LogP contribution in [0.25, 0.3) is 16.9 Å². The second kappa shape index (κ2) is 6.81. The maximum atomic E-state index is 9.28. The fourth-order valence-corrected chi connectivity index (χ4v) is 2.93. The standard InChI is InChI=1S/C17H13ClN2O2S/c1-11(21)15-10-23-16(20-15)9-22-13-6-4-12(5-7-13)14-3-2-8-19-17(14)18/h2-8,10,21H,1,9H2. The molecule has 0 saturated carbocycles. The van der Waals surface area contributed by atoms with Crippen molar-refractivity contribution in [2.45, 2.75) is 6.61 Å². The minimum absolute atomic E-state index is 0.0368. The highest BCUT2D eigenvalue weighted by Gasteiger charge is 2.06. The molecule has 1 N–H and O–H groups in total. The number of halogens is 1. The molecule has 3 aromatic rings. The highest BCUT2D eigenvalue weighted by molar-refractivity contribution is 7.09. The first-order valence-corrected chi connectivity index (χ1v) is 8.05. The van der Waals surface area contributed by atoms with Crippen LogP contribution in [0.15, 0.2) is 54.6 Å². The van der Waals surface area contributed by atoms with Gasteiger partial charge in [0.1, 0.15) is 34.0 Å². The Kier molecular flexibility index (Phi) is 4.60. The lowest BCUT2D eigenvalue weighted by molar-refractivity contribution is 0.305. The van der Waals surface area contributed by atoms with Crippen molar-refractivity contribution in [2.75, 3.05) is 0 Å². The van der Waals surface area contributed by atoms with Crippen LogP contribution in [0.3, 0.4) is 0 Å². The van der Waals surface area contributed by atoms with E-state index < -0.39 is 0 Å². The van der Waals surface area contributed by atoms with Crippen molar-refractivity contribution in [1.82, 2.24) is 9.97 Å². The van der Waals surface area contributed by atoms with Gasteiger partial charge in [0.05, 0.1) is 0 Å². The summed E-state index contributed by atoms with van der Waals surface area (Å²) >= 11 is 7.51. The summed E-state index contributed by atoms with van der Waals surface area (Å²) in [5.74, 6) is 0.693. The third-order valence-electron chi connectivity index (χ3n) is 3.13. The third kappa shape index (κ3) is 3.70. The predicted molar refractivity (Wildman–Crippen MR) is 92.8 cm³/mol. The Hall–Kier alpha value is -2.37. The second-order valence-electron chi connectivity index (χ2n) is 4.73. The van der Waals surface area contributed by atoms with Crippen molar-refractivity contribution in [3.05, 3.63) is 70.4 Å². The molecule has 2 aromatic heterocycles. The summed E-state index contributed by atoms with van der Waals surface area (Å²) in [6.07, 6.45) is 1.66. The van der Waals surface area contributed by atoms with Gasteiger partial charge in [-0.15, -0.1) is 11.3 Å². The third-order valence-corrected chi connectivity index (χ3v) is 4.26. The number of thiazole rings is 1. The fourth-order valence-electron chi connectivity index (χ4n) is 1.99. The van der Waals surface area contributed by atoms with Gasteiger partial charge in [0.2, 0.25) is 0 Å². The molecule has 23 heavy (non-hydrogen) atoms. The molecule has 0 atom stereocenters. The van der Waals surface area contributed by atoms with Crippen molar-refractivity contribution in [3.8, 4) is 16.9 Å². The number of hydrogen-bond donors (Lipinski definition) is 1. The minimum atomic E-state index is -0.0368. The number of nitrogens with zero attached hydrogens (tertiary/aromatic N) is 2. The van der Waals surface area contributed by atoms with Crippen LogP contribution in [0.5, 0.6) is 5.75 Å². The topological polar surface area (TPSA) is 55.2 Å². The maximum Gasteiger partial charge on any atom is 0.140 e. The van der Waals surface area contributed by atoms with E-state index in [-0.39, 0.29) is 5.76 Å². The van der Waals surface area contributed by atoms with Crippen LogP contribution in [-0.4, -0.2) is 15.1 Å². The Labute approximate surface area is 142 Å². The van der Waals surface area contributed by atoms with Crippen LogP contribution >= 0.6 is 22.9 Å². The van der Waals surface area contributed by atoms with Crippen LogP contribution in [0.2, 0.25) is 5.15 Å². The molecule has 4 nitrogen and oxygen atoms in total. The van der Waals surface area contributed by atoms with E-state index >= 15 is 0 Å². The Balaban J connectivity index is 1.68. The first-order valence-electron chi connectivity index (χ1n) is 6.80. The number of benzene rings is 1. The zero-order valence-electron chi connectivity index (χ0n) is 12.1. The van der Waals surface area contributed by atoms with E-state index in [2.05, 4.69) is 16.5 Å². The van der Waals surface area contributed by atoms with Crippen LogP contribution in [-0.2, 0) is 6.61 Å². The molecule has 0 bridgehead atoms. The molecule has 116 valence electrons. The predicted octanol–water partition coefficient (Wildman–Crippen LogP) is 4.97. The van der Waals surface area contributed by atoms with E-state index in [9.17, 15) is 5.11 Å². The molecule has 2 heterocycles. The molecule has 3 rings (SSSR count). The van der Waals surface area contributed by atoms with Gasteiger partial charge < -0.3 is 9.84 Å². The summed E-state index contributed by atoms with van der Waals surface area (Å²) in [6.45, 7) is 3.78. The molecule has 0 unspecified atom stereocenters. The van der Waals surface area contributed by atoms with Gasteiger partial charge >= 0.3 is 0 Å². The average Bonchev–Trinajstić information content (AvgIpc) is 3.03. The van der Waals surface area contributed by atoms with Gasteiger partial charge in [0, 0.05) is 17.1 Å². The summed E-state index contributed by atoms with van der Waals surface area (Å²) in [5.41, 5.74) is 2.34. The van der Waals surface area contributed by atoms with E-state index in [1.807, 2.05) is 36.4 Å². The zero-order chi connectivity index (χ0) is 16.2. The molecular weight excluding hydrogens is 332 g/mol. The smallest absolute Gasteiger partial charge is 0.140 e. The molecule has 0 radical (unpaired) electrons. The Morgan fingerprint density at radius 2 is 2.04 bits per heavy atom. The Morgan fingerprint density at radius 3 is 2.70 bits per heavy atom. The number of aliphatic hydroxyl groups is 1. The van der Waals surface area contributed by atoms with Crippen molar-refractivity contribution >= 4 is 28.7 Å². The summed E-state index contributed by atoms with van der Waals surface area (Å²) in [7, 11) is 0. The molecule has 1 aromatic carbocycles. The van der Waals surface area contributed by atoms with E-state index in [0.29, 0.717) is 17.5 Å². The van der Waals surface area contributed by atoms with Crippen molar-refractivity contribution in [2.24, 2.45) is 0 Å². The number of aromatic nitrogens is 2. The summed E-state index contributed by atoms with van der Waals surface area (Å²) in [4.78, 5) is 8.29. The lowest BCUT2D eigenvalue weighted by Gasteiger charge is -2.07. The average molecular weight is 345 g/mol. The molecule has 0 spiro atoms. The van der Waals surface area contributed by atoms with E-state index in [4.69, 9.17) is 16.3 Å². The molecule has 0 saturated heterocycles. The zero-order valence-corrected chi connectivity index (χ0v) is 13.6.